The van der Waals surface area contributed by atoms with E-state index in [1.807, 2.05) is 26.0 Å². The highest BCUT2D eigenvalue weighted by Crippen LogP contribution is 2.17. The molecule has 0 atom stereocenters. The van der Waals surface area contributed by atoms with Crippen molar-refractivity contribution >= 4 is 21.6 Å². The van der Waals surface area contributed by atoms with Gasteiger partial charge in [-0.25, -0.2) is 13.6 Å². The van der Waals surface area contributed by atoms with Crippen LogP contribution >= 0.6 is 0 Å². The van der Waals surface area contributed by atoms with E-state index in [1.165, 1.54) is 24.3 Å². The highest BCUT2D eigenvalue weighted by atomic mass is 32.2. The predicted molar refractivity (Wildman–Crippen MR) is 81.7 cm³/mol. The van der Waals surface area contributed by atoms with Crippen molar-refractivity contribution in [2.45, 2.75) is 18.7 Å². The van der Waals surface area contributed by atoms with Gasteiger partial charge in [0, 0.05) is 11.3 Å². The van der Waals surface area contributed by atoms with E-state index in [9.17, 15) is 13.2 Å². The molecule has 0 unspecified atom stereocenters. The highest BCUT2D eigenvalue weighted by Gasteiger charge is 2.11. The van der Waals surface area contributed by atoms with Crippen LogP contribution in [0.5, 0.6) is 0 Å². The first-order valence-corrected chi connectivity index (χ1v) is 7.84. The third-order valence-corrected chi connectivity index (χ3v) is 4.22. The Balaban J connectivity index is 2.22. The smallest absolute Gasteiger partial charge is 0.255 e. The summed E-state index contributed by atoms with van der Waals surface area (Å²) >= 11 is 0. The SMILES string of the molecule is Cc1cccc(C(=O)Nc2ccc(S(N)(=O)=O)cc2)c1C. The fourth-order valence-electron chi connectivity index (χ4n) is 1.92. The number of carbonyl (C=O) groups excluding carboxylic acids is 1. The molecule has 0 radical (unpaired) electrons. The van der Waals surface area contributed by atoms with Gasteiger partial charge in [-0.3, -0.25) is 4.79 Å². The topological polar surface area (TPSA) is 89.3 Å². The summed E-state index contributed by atoms with van der Waals surface area (Å²) in [7, 11) is -3.73. The summed E-state index contributed by atoms with van der Waals surface area (Å²) in [6.45, 7) is 3.82. The minimum atomic E-state index is -3.73. The number of amides is 1. The van der Waals surface area contributed by atoms with E-state index in [1.54, 1.807) is 6.07 Å². The quantitative estimate of drug-likeness (QED) is 0.911. The lowest BCUT2D eigenvalue weighted by Gasteiger charge is -2.09. The van der Waals surface area contributed by atoms with Crippen LogP contribution in [0.3, 0.4) is 0 Å². The summed E-state index contributed by atoms with van der Waals surface area (Å²) < 4.78 is 22.3. The Kier molecular flexibility index (Phi) is 4.11. The number of anilines is 1. The van der Waals surface area contributed by atoms with E-state index >= 15 is 0 Å². The first kappa shape index (κ1) is 15.2. The van der Waals surface area contributed by atoms with Gasteiger partial charge in [0.2, 0.25) is 10.0 Å². The fourth-order valence-corrected chi connectivity index (χ4v) is 2.44. The Hall–Kier alpha value is -2.18. The maximum Gasteiger partial charge on any atom is 0.255 e. The normalized spacial score (nSPS) is 11.2. The van der Waals surface area contributed by atoms with Crippen LogP contribution in [0, 0.1) is 13.8 Å². The molecule has 0 aliphatic heterocycles. The van der Waals surface area contributed by atoms with Crippen LogP contribution in [0.1, 0.15) is 21.5 Å². The Bertz CT molecular complexity index is 781. The van der Waals surface area contributed by atoms with Crippen molar-refractivity contribution < 1.29 is 13.2 Å². The molecule has 0 saturated heterocycles. The number of hydrogen-bond acceptors (Lipinski definition) is 3. The minimum Gasteiger partial charge on any atom is -0.322 e. The van der Waals surface area contributed by atoms with Gasteiger partial charge < -0.3 is 5.32 Å². The van der Waals surface area contributed by atoms with Gasteiger partial charge in [-0.1, -0.05) is 12.1 Å². The molecule has 21 heavy (non-hydrogen) atoms. The molecule has 0 spiro atoms. The number of rotatable bonds is 3. The Labute approximate surface area is 123 Å². The second-order valence-corrected chi connectivity index (χ2v) is 6.33. The Morgan fingerprint density at radius 3 is 2.24 bits per heavy atom. The summed E-state index contributed by atoms with van der Waals surface area (Å²) in [5.41, 5.74) is 3.04. The monoisotopic (exact) mass is 304 g/mol. The van der Waals surface area contributed by atoms with Gasteiger partial charge in [0.25, 0.3) is 5.91 Å². The zero-order valence-corrected chi connectivity index (χ0v) is 12.6. The first-order valence-electron chi connectivity index (χ1n) is 6.29. The lowest BCUT2D eigenvalue weighted by molar-refractivity contribution is 0.102. The maximum atomic E-state index is 12.2. The van der Waals surface area contributed by atoms with Crippen LogP contribution in [0.4, 0.5) is 5.69 Å². The van der Waals surface area contributed by atoms with Gasteiger partial charge in [-0.2, -0.15) is 0 Å². The van der Waals surface area contributed by atoms with E-state index in [0.29, 0.717) is 11.3 Å². The van der Waals surface area contributed by atoms with Crippen LogP contribution in [-0.4, -0.2) is 14.3 Å². The third kappa shape index (κ3) is 3.48. The number of aryl methyl sites for hydroxylation is 1. The van der Waals surface area contributed by atoms with Crippen molar-refractivity contribution in [1.29, 1.82) is 0 Å². The van der Waals surface area contributed by atoms with Crippen molar-refractivity contribution in [2.75, 3.05) is 5.32 Å². The molecular weight excluding hydrogens is 288 g/mol. The van der Waals surface area contributed by atoms with Gasteiger partial charge in [0.05, 0.1) is 4.90 Å². The molecule has 0 heterocycles. The predicted octanol–water partition coefficient (Wildman–Crippen LogP) is 2.20. The summed E-state index contributed by atoms with van der Waals surface area (Å²) in [6.07, 6.45) is 0. The van der Waals surface area contributed by atoms with Gasteiger partial charge in [-0.05, 0) is 55.3 Å². The molecule has 0 saturated carbocycles. The van der Waals surface area contributed by atoms with E-state index in [-0.39, 0.29) is 10.8 Å². The highest BCUT2D eigenvalue weighted by molar-refractivity contribution is 7.89. The number of sulfonamides is 1. The van der Waals surface area contributed by atoms with Crippen LogP contribution in [0.2, 0.25) is 0 Å². The summed E-state index contributed by atoms with van der Waals surface area (Å²) in [5, 5.41) is 7.75. The second kappa shape index (κ2) is 5.67. The lowest BCUT2D eigenvalue weighted by atomic mass is 10.0. The molecule has 0 bridgehead atoms. The Morgan fingerprint density at radius 2 is 1.67 bits per heavy atom. The largest absolute Gasteiger partial charge is 0.322 e. The Morgan fingerprint density at radius 1 is 1.05 bits per heavy atom. The van der Waals surface area contributed by atoms with Gasteiger partial charge in [0.1, 0.15) is 0 Å². The van der Waals surface area contributed by atoms with Gasteiger partial charge >= 0.3 is 0 Å². The summed E-state index contributed by atoms with van der Waals surface area (Å²) in [5.74, 6) is -0.237. The van der Waals surface area contributed by atoms with Crippen LogP contribution in [-0.2, 0) is 10.0 Å². The number of hydrogen-bond donors (Lipinski definition) is 2. The summed E-state index contributed by atoms with van der Waals surface area (Å²) in [4.78, 5) is 12.2. The molecule has 0 fully saturated rings. The number of carbonyl (C=O) groups is 1. The number of nitrogens with one attached hydrogen (secondary N) is 1. The molecule has 1 amide bonds. The van der Waals surface area contributed by atoms with Crippen LogP contribution < -0.4 is 10.5 Å². The van der Waals surface area contributed by atoms with Crippen molar-refractivity contribution in [3.05, 3.63) is 59.2 Å². The van der Waals surface area contributed by atoms with Crippen LogP contribution in [0.15, 0.2) is 47.4 Å². The lowest BCUT2D eigenvalue weighted by Crippen LogP contribution is -2.15. The van der Waals surface area contributed by atoms with Crippen molar-refractivity contribution in [3.63, 3.8) is 0 Å². The van der Waals surface area contributed by atoms with Gasteiger partial charge in [-0.15, -0.1) is 0 Å². The average Bonchev–Trinajstić information content (AvgIpc) is 2.41. The van der Waals surface area contributed by atoms with Crippen molar-refractivity contribution in [2.24, 2.45) is 5.14 Å². The van der Waals surface area contributed by atoms with E-state index in [4.69, 9.17) is 5.14 Å². The van der Waals surface area contributed by atoms with Crippen LogP contribution in [0.25, 0.3) is 0 Å². The molecule has 2 aromatic carbocycles. The van der Waals surface area contributed by atoms with Crippen molar-refractivity contribution in [3.8, 4) is 0 Å². The molecular formula is C15H16N2O3S. The summed E-state index contributed by atoms with van der Waals surface area (Å²) in [6, 6.07) is 11.2. The minimum absolute atomic E-state index is 0.00670. The molecule has 2 rings (SSSR count). The third-order valence-electron chi connectivity index (χ3n) is 3.29. The van der Waals surface area contributed by atoms with E-state index in [2.05, 4.69) is 5.32 Å². The van der Waals surface area contributed by atoms with E-state index < -0.39 is 10.0 Å². The average molecular weight is 304 g/mol. The van der Waals surface area contributed by atoms with Crippen molar-refractivity contribution in [1.82, 2.24) is 0 Å². The first-order chi connectivity index (χ1) is 9.79. The molecule has 0 aliphatic carbocycles. The fraction of sp³-hybridized carbons (Fsp3) is 0.133. The number of benzene rings is 2. The molecule has 110 valence electrons. The molecule has 0 aliphatic rings. The molecule has 5 nitrogen and oxygen atoms in total. The number of nitrogens with two attached hydrogens (primary N) is 1. The zero-order valence-electron chi connectivity index (χ0n) is 11.8. The molecule has 0 aromatic heterocycles. The van der Waals surface area contributed by atoms with E-state index in [0.717, 1.165) is 11.1 Å². The van der Waals surface area contributed by atoms with Gasteiger partial charge in [0.15, 0.2) is 0 Å². The molecule has 6 heteroatoms. The zero-order chi connectivity index (χ0) is 15.6. The number of primary sulfonamides is 1. The second-order valence-electron chi connectivity index (χ2n) is 4.77. The molecule has 3 N–H and O–H groups in total. The maximum absolute atomic E-state index is 12.2. The molecule has 2 aromatic rings. The standard InChI is InChI=1S/C15H16N2O3S/c1-10-4-3-5-14(11(10)2)15(18)17-12-6-8-13(9-7-12)21(16,19)20/h3-9H,1-2H3,(H,17,18)(H2,16,19,20).